The Bertz CT molecular complexity index is 427. The van der Waals surface area contributed by atoms with E-state index in [1.54, 1.807) is 0 Å². The molecule has 0 radical (unpaired) electrons. The quantitative estimate of drug-likeness (QED) is 0.503. The van der Waals surface area contributed by atoms with Gasteiger partial charge in [0.15, 0.2) is 0 Å². The van der Waals surface area contributed by atoms with E-state index in [1.807, 2.05) is 45.9 Å². The van der Waals surface area contributed by atoms with Gasteiger partial charge in [-0.1, -0.05) is 87.4 Å². The lowest BCUT2D eigenvalue weighted by molar-refractivity contribution is 1.30. The highest BCUT2D eigenvalue weighted by molar-refractivity contribution is 5.28. The maximum atomic E-state index is 2.20. The van der Waals surface area contributed by atoms with Gasteiger partial charge in [0.1, 0.15) is 0 Å². The molecule has 0 aliphatic rings. The second-order valence-corrected chi connectivity index (χ2v) is 4.24. The van der Waals surface area contributed by atoms with Gasteiger partial charge in [-0.25, -0.2) is 0 Å². The van der Waals surface area contributed by atoms with E-state index in [0.717, 1.165) is 0 Å². The Kier molecular flexibility index (Phi) is 14.4. The van der Waals surface area contributed by atoms with E-state index in [9.17, 15) is 0 Å². The minimum Gasteiger partial charge on any atom is -0.0683 e. The minimum atomic E-state index is 1.32. The first-order chi connectivity index (χ1) is 9.59. The molecule has 0 saturated carbocycles. The van der Waals surface area contributed by atoms with Crippen LogP contribution in [0.2, 0.25) is 0 Å². The summed E-state index contributed by atoms with van der Waals surface area (Å²) in [6.07, 6.45) is 0. The topological polar surface area (TPSA) is 0 Å². The number of benzene rings is 2. The Labute approximate surface area is 126 Å². The van der Waals surface area contributed by atoms with Crippen molar-refractivity contribution in [2.75, 3.05) is 0 Å². The molecule has 0 fully saturated rings. The van der Waals surface area contributed by atoms with Crippen LogP contribution in [0.1, 0.15) is 49.9 Å². The summed E-state index contributed by atoms with van der Waals surface area (Å²) in [5.41, 5.74) is 5.43. The van der Waals surface area contributed by atoms with Gasteiger partial charge in [-0.3, -0.25) is 0 Å². The zero-order valence-corrected chi connectivity index (χ0v) is 14.6. The molecule has 0 amide bonds. The first-order valence-corrected chi connectivity index (χ1v) is 7.65. The number of rotatable bonds is 0. The molecule has 0 nitrogen and oxygen atoms in total. The molecule has 0 N–H and O–H groups in total. The first kappa shape index (κ1) is 20.8. The van der Waals surface area contributed by atoms with Crippen molar-refractivity contribution >= 4 is 0 Å². The average molecular weight is 272 g/mol. The van der Waals surface area contributed by atoms with Crippen molar-refractivity contribution in [2.45, 2.75) is 55.4 Å². The SMILES string of the molecule is CC.CC.Cc1ccc(C)c(C)c1.Cc1ccccc1. The van der Waals surface area contributed by atoms with E-state index in [4.69, 9.17) is 0 Å². The summed E-state index contributed by atoms with van der Waals surface area (Å²) in [7, 11) is 0. The van der Waals surface area contributed by atoms with Crippen molar-refractivity contribution in [3.05, 3.63) is 70.8 Å². The van der Waals surface area contributed by atoms with Crippen LogP contribution in [0.5, 0.6) is 0 Å². The highest BCUT2D eigenvalue weighted by Crippen LogP contribution is 2.07. The van der Waals surface area contributed by atoms with E-state index in [0.29, 0.717) is 0 Å². The van der Waals surface area contributed by atoms with Crippen LogP contribution >= 0.6 is 0 Å². The van der Waals surface area contributed by atoms with Gasteiger partial charge >= 0.3 is 0 Å². The van der Waals surface area contributed by atoms with Crippen LogP contribution in [-0.2, 0) is 0 Å². The van der Waals surface area contributed by atoms with Gasteiger partial charge in [0.25, 0.3) is 0 Å². The summed E-state index contributed by atoms with van der Waals surface area (Å²) >= 11 is 0. The second-order valence-electron chi connectivity index (χ2n) is 4.24. The molecule has 0 saturated heterocycles. The van der Waals surface area contributed by atoms with Crippen molar-refractivity contribution in [3.8, 4) is 0 Å². The fraction of sp³-hybridized carbons (Fsp3) is 0.400. The second kappa shape index (κ2) is 13.9. The van der Waals surface area contributed by atoms with Crippen molar-refractivity contribution < 1.29 is 0 Å². The molecule has 0 atom stereocenters. The zero-order chi connectivity index (χ0) is 16.0. The van der Waals surface area contributed by atoms with Gasteiger partial charge in [0.05, 0.1) is 0 Å². The zero-order valence-electron chi connectivity index (χ0n) is 14.6. The van der Waals surface area contributed by atoms with Gasteiger partial charge < -0.3 is 0 Å². The van der Waals surface area contributed by atoms with E-state index in [1.165, 1.54) is 22.3 Å². The summed E-state index contributed by atoms with van der Waals surface area (Å²) in [6.45, 7) is 16.5. The molecular weight excluding hydrogens is 240 g/mol. The maximum Gasteiger partial charge on any atom is -0.0395 e. The Morgan fingerprint density at radius 2 is 1.00 bits per heavy atom. The number of aryl methyl sites for hydroxylation is 4. The molecule has 0 heteroatoms. The third-order valence-corrected chi connectivity index (χ3v) is 2.60. The molecular formula is C20H32. The van der Waals surface area contributed by atoms with Crippen molar-refractivity contribution in [3.63, 3.8) is 0 Å². The normalized spacial score (nSPS) is 8.00. The smallest absolute Gasteiger partial charge is 0.0395 e. The Balaban J connectivity index is 0. The summed E-state index contributed by atoms with van der Waals surface area (Å²) in [5, 5.41) is 0. The molecule has 0 bridgehead atoms. The van der Waals surface area contributed by atoms with Crippen LogP contribution in [0.3, 0.4) is 0 Å². The lowest BCUT2D eigenvalue weighted by Gasteiger charge is -1.98. The van der Waals surface area contributed by atoms with Crippen molar-refractivity contribution in [1.29, 1.82) is 0 Å². The van der Waals surface area contributed by atoms with E-state index in [2.05, 4.69) is 58.0 Å². The summed E-state index contributed by atoms with van der Waals surface area (Å²) in [5.74, 6) is 0. The van der Waals surface area contributed by atoms with Gasteiger partial charge in [0.2, 0.25) is 0 Å². The molecule has 2 aromatic carbocycles. The fourth-order valence-electron chi connectivity index (χ4n) is 1.43. The average Bonchev–Trinajstić information content (AvgIpc) is 2.49. The lowest BCUT2D eigenvalue weighted by Crippen LogP contribution is -1.79. The Hall–Kier alpha value is -1.56. The van der Waals surface area contributed by atoms with Gasteiger partial charge in [-0.2, -0.15) is 0 Å². The monoisotopic (exact) mass is 272 g/mol. The van der Waals surface area contributed by atoms with Crippen LogP contribution in [0.15, 0.2) is 48.5 Å². The molecule has 20 heavy (non-hydrogen) atoms. The molecule has 0 aliphatic heterocycles. The minimum absolute atomic E-state index is 1.32. The van der Waals surface area contributed by atoms with E-state index < -0.39 is 0 Å². The molecule has 112 valence electrons. The van der Waals surface area contributed by atoms with Crippen molar-refractivity contribution in [2.24, 2.45) is 0 Å². The van der Waals surface area contributed by atoms with Crippen LogP contribution in [0.4, 0.5) is 0 Å². The predicted molar refractivity (Wildman–Crippen MR) is 94.5 cm³/mol. The molecule has 2 rings (SSSR count). The van der Waals surface area contributed by atoms with Crippen molar-refractivity contribution in [1.82, 2.24) is 0 Å². The standard InChI is InChI=1S/C9H12.C7H8.2C2H6/c1-7-4-5-8(2)9(3)6-7;1-7-5-3-2-4-6-7;2*1-2/h4-6H,1-3H3;2-6H,1H3;2*1-2H3. The number of hydrogen-bond donors (Lipinski definition) is 0. The third-order valence-electron chi connectivity index (χ3n) is 2.60. The predicted octanol–water partition coefficient (Wildman–Crippen LogP) is 6.66. The van der Waals surface area contributed by atoms with Gasteiger partial charge in [0, 0.05) is 0 Å². The Morgan fingerprint density at radius 1 is 0.500 bits per heavy atom. The van der Waals surface area contributed by atoms with Crippen LogP contribution in [0, 0.1) is 27.7 Å². The van der Waals surface area contributed by atoms with Gasteiger partial charge in [-0.05, 0) is 38.8 Å². The van der Waals surface area contributed by atoms with E-state index in [-0.39, 0.29) is 0 Å². The summed E-state index contributed by atoms with van der Waals surface area (Å²) in [6, 6.07) is 16.8. The molecule has 0 aliphatic carbocycles. The van der Waals surface area contributed by atoms with Crippen LogP contribution < -0.4 is 0 Å². The largest absolute Gasteiger partial charge is 0.0683 e. The first-order valence-electron chi connectivity index (χ1n) is 7.65. The lowest BCUT2D eigenvalue weighted by atomic mass is 10.1. The van der Waals surface area contributed by atoms with Gasteiger partial charge in [-0.15, -0.1) is 0 Å². The van der Waals surface area contributed by atoms with E-state index >= 15 is 0 Å². The molecule has 0 unspecified atom stereocenters. The third kappa shape index (κ3) is 10.4. The molecule has 0 spiro atoms. The molecule has 0 heterocycles. The number of hydrogen-bond acceptors (Lipinski definition) is 0. The highest BCUT2D eigenvalue weighted by Gasteiger charge is 1.89. The molecule has 2 aromatic rings. The Morgan fingerprint density at radius 3 is 1.30 bits per heavy atom. The highest BCUT2D eigenvalue weighted by atomic mass is 13.9. The molecule has 0 aromatic heterocycles. The van der Waals surface area contributed by atoms with Crippen LogP contribution in [0.25, 0.3) is 0 Å². The maximum absolute atomic E-state index is 2.20. The summed E-state index contributed by atoms with van der Waals surface area (Å²) < 4.78 is 0. The fourth-order valence-corrected chi connectivity index (χ4v) is 1.43. The van der Waals surface area contributed by atoms with Crippen LogP contribution in [-0.4, -0.2) is 0 Å². The summed E-state index contributed by atoms with van der Waals surface area (Å²) in [4.78, 5) is 0.